The molecular formula is C25H29N7O. The number of carbonyl (C=O) groups excluding carboxylic acids is 1. The minimum Gasteiger partial charge on any atom is -0.355 e. The summed E-state index contributed by atoms with van der Waals surface area (Å²) < 4.78 is 1.85. The third-order valence-corrected chi connectivity index (χ3v) is 7.01. The smallest absolute Gasteiger partial charge is 0.270 e. The van der Waals surface area contributed by atoms with Gasteiger partial charge in [0.1, 0.15) is 11.5 Å². The van der Waals surface area contributed by atoms with Gasteiger partial charge in [0.05, 0.1) is 11.7 Å². The van der Waals surface area contributed by atoms with Crippen LogP contribution in [0.4, 0.5) is 5.82 Å². The average Bonchev–Trinajstić information content (AvgIpc) is 3.55. The number of rotatable bonds is 3. The van der Waals surface area contributed by atoms with E-state index >= 15 is 0 Å². The summed E-state index contributed by atoms with van der Waals surface area (Å²) in [6.45, 7) is 4.57. The summed E-state index contributed by atoms with van der Waals surface area (Å²) in [5.74, 6) is 1.01. The summed E-state index contributed by atoms with van der Waals surface area (Å²) in [5, 5.41) is 5.91. The number of amides is 1. The number of piperidine rings is 1. The van der Waals surface area contributed by atoms with Crippen molar-refractivity contribution in [2.24, 2.45) is 5.73 Å². The summed E-state index contributed by atoms with van der Waals surface area (Å²) in [5.41, 5.74) is 10.5. The number of benzene rings is 1. The fourth-order valence-corrected chi connectivity index (χ4v) is 5.31. The highest BCUT2D eigenvalue weighted by atomic mass is 16.2. The van der Waals surface area contributed by atoms with Crippen molar-refractivity contribution in [2.75, 3.05) is 24.5 Å². The summed E-state index contributed by atoms with van der Waals surface area (Å²) in [7, 11) is 0. The van der Waals surface area contributed by atoms with Gasteiger partial charge in [-0.3, -0.25) is 4.79 Å². The topological polar surface area (TPSA) is 95.5 Å². The number of aryl methyl sites for hydroxylation is 1. The number of anilines is 1. The van der Waals surface area contributed by atoms with Crippen LogP contribution in [-0.2, 0) is 0 Å². The third-order valence-electron chi connectivity index (χ3n) is 7.01. The number of nitrogens with one attached hydrogen (secondary N) is 1. The molecule has 2 aliphatic rings. The molecule has 8 nitrogen and oxygen atoms in total. The zero-order chi connectivity index (χ0) is 22.5. The van der Waals surface area contributed by atoms with Gasteiger partial charge in [-0.05, 0) is 44.7 Å². The van der Waals surface area contributed by atoms with E-state index in [0.29, 0.717) is 5.69 Å². The van der Waals surface area contributed by atoms with Crippen LogP contribution in [0.5, 0.6) is 0 Å². The number of hydrogen-bond acceptors (Lipinski definition) is 5. The molecule has 1 aromatic carbocycles. The number of aromatic amines is 1. The van der Waals surface area contributed by atoms with Gasteiger partial charge in [0, 0.05) is 54.4 Å². The molecule has 170 valence electrons. The first-order chi connectivity index (χ1) is 16.1. The van der Waals surface area contributed by atoms with Gasteiger partial charge in [-0.1, -0.05) is 18.2 Å². The van der Waals surface area contributed by atoms with E-state index in [2.05, 4.69) is 16.8 Å². The minimum atomic E-state index is -0.0525. The molecule has 2 aliphatic heterocycles. The van der Waals surface area contributed by atoms with Crippen LogP contribution in [-0.4, -0.2) is 56.1 Å². The number of aromatic nitrogens is 4. The van der Waals surface area contributed by atoms with Gasteiger partial charge in [0.2, 0.25) is 0 Å². The first-order valence-corrected chi connectivity index (χ1v) is 11.8. The van der Waals surface area contributed by atoms with Gasteiger partial charge in [-0.15, -0.1) is 0 Å². The predicted octanol–water partition coefficient (Wildman–Crippen LogP) is 3.42. The van der Waals surface area contributed by atoms with Gasteiger partial charge in [-0.25, -0.2) is 9.50 Å². The second kappa shape index (κ2) is 7.88. The van der Waals surface area contributed by atoms with Crippen molar-refractivity contribution in [1.29, 1.82) is 0 Å². The molecule has 33 heavy (non-hydrogen) atoms. The number of H-pyrrole nitrogens is 1. The molecule has 0 saturated carbocycles. The molecule has 0 bridgehead atoms. The molecule has 0 spiro atoms. The number of carbonyl (C=O) groups is 1. The van der Waals surface area contributed by atoms with Crippen LogP contribution in [0.15, 0.2) is 42.6 Å². The molecule has 2 atom stereocenters. The van der Waals surface area contributed by atoms with Gasteiger partial charge in [0.25, 0.3) is 5.91 Å². The molecule has 3 N–H and O–H groups in total. The Bertz CT molecular complexity index is 1310. The van der Waals surface area contributed by atoms with Crippen LogP contribution >= 0.6 is 0 Å². The molecule has 0 aliphatic carbocycles. The highest BCUT2D eigenvalue weighted by Gasteiger charge is 2.32. The largest absolute Gasteiger partial charge is 0.355 e. The fourth-order valence-electron chi connectivity index (χ4n) is 5.31. The van der Waals surface area contributed by atoms with Crippen LogP contribution in [0.2, 0.25) is 0 Å². The van der Waals surface area contributed by atoms with Gasteiger partial charge >= 0.3 is 0 Å². The summed E-state index contributed by atoms with van der Waals surface area (Å²) in [4.78, 5) is 26.0. The first kappa shape index (κ1) is 20.2. The van der Waals surface area contributed by atoms with Gasteiger partial charge < -0.3 is 20.5 Å². The lowest BCUT2D eigenvalue weighted by Crippen LogP contribution is -2.38. The zero-order valence-corrected chi connectivity index (χ0v) is 18.9. The monoisotopic (exact) mass is 443 g/mol. The molecule has 2 saturated heterocycles. The highest BCUT2D eigenvalue weighted by Crippen LogP contribution is 2.33. The van der Waals surface area contributed by atoms with E-state index in [9.17, 15) is 4.79 Å². The van der Waals surface area contributed by atoms with Crippen LogP contribution in [0.3, 0.4) is 0 Å². The van der Waals surface area contributed by atoms with E-state index in [0.717, 1.165) is 78.9 Å². The van der Waals surface area contributed by atoms with Crippen molar-refractivity contribution < 1.29 is 4.79 Å². The lowest BCUT2D eigenvalue weighted by molar-refractivity contribution is 0.0600. The number of para-hydroxylation sites is 1. The van der Waals surface area contributed by atoms with Crippen LogP contribution < -0.4 is 10.6 Å². The molecule has 0 radical (unpaired) electrons. The molecule has 0 unspecified atom stereocenters. The normalized spacial score (nSPS) is 21.4. The minimum absolute atomic E-state index is 0.0313. The predicted molar refractivity (Wildman–Crippen MR) is 128 cm³/mol. The maximum atomic E-state index is 13.5. The Morgan fingerprint density at radius 1 is 1.15 bits per heavy atom. The maximum Gasteiger partial charge on any atom is 0.270 e. The molecule has 8 heteroatoms. The molecule has 3 aromatic heterocycles. The van der Waals surface area contributed by atoms with E-state index in [-0.39, 0.29) is 18.0 Å². The van der Waals surface area contributed by atoms with E-state index in [1.807, 2.05) is 52.0 Å². The van der Waals surface area contributed by atoms with Crippen LogP contribution in [0.25, 0.3) is 16.6 Å². The number of hydrogen-bond donors (Lipinski definition) is 2. The fraction of sp³-hybridized carbons (Fsp3) is 0.400. The van der Waals surface area contributed by atoms with Crippen molar-refractivity contribution >= 4 is 28.3 Å². The zero-order valence-electron chi connectivity index (χ0n) is 18.9. The van der Waals surface area contributed by atoms with Crippen molar-refractivity contribution in [2.45, 2.75) is 44.7 Å². The van der Waals surface area contributed by atoms with E-state index < -0.39 is 0 Å². The summed E-state index contributed by atoms with van der Waals surface area (Å²) in [6, 6.07) is 12.1. The van der Waals surface area contributed by atoms with Gasteiger partial charge in [-0.2, -0.15) is 5.10 Å². The Balaban J connectivity index is 1.33. The summed E-state index contributed by atoms with van der Waals surface area (Å²) >= 11 is 0. The molecule has 6 rings (SSSR count). The second-order valence-corrected chi connectivity index (χ2v) is 9.39. The molecule has 1 amide bonds. The lowest BCUT2D eigenvalue weighted by Gasteiger charge is -2.34. The van der Waals surface area contributed by atoms with Gasteiger partial charge in [0.15, 0.2) is 5.65 Å². The van der Waals surface area contributed by atoms with Crippen LogP contribution in [0.1, 0.15) is 53.5 Å². The second-order valence-electron chi connectivity index (χ2n) is 9.39. The van der Waals surface area contributed by atoms with E-state index in [1.54, 1.807) is 0 Å². The maximum absolute atomic E-state index is 13.5. The Morgan fingerprint density at radius 2 is 2.03 bits per heavy atom. The third kappa shape index (κ3) is 3.54. The first-order valence-electron chi connectivity index (χ1n) is 11.8. The Labute approximate surface area is 192 Å². The quantitative estimate of drug-likeness (QED) is 0.506. The number of nitrogens with two attached hydrogens (primary N) is 1. The number of fused-ring (bicyclic) bond motifs is 2. The lowest BCUT2D eigenvalue weighted by atomic mass is 9.99. The average molecular weight is 444 g/mol. The molecular weight excluding hydrogens is 414 g/mol. The SMILES string of the molecule is Cc1cn2nc([C@H]3CCCCN3C(=O)c3cc4ccccc4[nH]3)cc2nc1N1CC[C@H](N)C1. The standard InChI is InChI=1S/C25H29N7O/c1-16-14-32-23(28-24(16)30-11-9-18(26)15-30)13-20(29-32)22-8-4-5-10-31(22)25(33)21-12-17-6-2-3-7-19(17)27-21/h2-3,6-7,12-14,18,22,27H,4-5,8-11,15,26H2,1H3/t18-,22+/m0/s1. The van der Waals surface area contributed by atoms with Crippen molar-refractivity contribution in [1.82, 2.24) is 24.5 Å². The summed E-state index contributed by atoms with van der Waals surface area (Å²) in [6.07, 6.45) is 6.02. The number of likely N-dealkylation sites (tertiary alicyclic amines) is 1. The Morgan fingerprint density at radius 3 is 2.85 bits per heavy atom. The molecule has 5 heterocycles. The molecule has 2 fully saturated rings. The molecule has 4 aromatic rings. The Hall–Kier alpha value is -3.39. The van der Waals surface area contributed by atoms with Crippen LogP contribution in [0, 0.1) is 6.92 Å². The highest BCUT2D eigenvalue weighted by molar-refractivity contribution is 5.98. The Kier molecular flexibility index (Phi) is 4.83. The van der Waals surface area contributed by atoms with Crippen molar-refractivity contribution in [3.63, 3.8) is 0 Å². The number of nitrogens with zero attached hydrogens (tertiary/aromatic N) is 5. The van der Waals surface area contributed by atoms with Crippen molar-refractivity contribution in [3.8, 4) is 0 Å². The van der Waals surface area contributed by atoms with E-state index in [4.69, 9.17) is 15.8 Å². The van der Waals surface area contributed by atoms with E-state index in [1.165, 1.54) is 0 Å². The van der Waals surface area contributed by atoms with Crippen molar-refractivity contribution in [3.05, 3.63) is 59.5 Å².